The first kappa shape index (κ1) is 12.4. The van der Waals surface area contributed by atoms with Crippen molar-refractivity contribution in [1.29, 1.82) is 0 Å². The van der Waals surface area contributed by atoms with Crippen LogP contribution in [0.15, 0.2) is 82.0 Å². The number of rotatable bonds is 0. The fourth-order valence-electron chi connectivity index (χ4n) is 3.39. The lowest BCUT2D eigenvalue weighted by Crippen LogP contribution is -1.94. The molecule has 0 spiro atoms. The van der Waals surface area contributed by atoms with Crippen molar-refractivity contribution < 1.29 is 4.42 Å². The molecule has 0 atom stereocenters. The highest BCUT2D eigenvalue weighted by atomic mass is 16.4. The van der Waals surface area contributed by atoms with Gasteiger partial charge in [0.15, 0.2) is 0 Å². The summed E-state index contributed by atoms with van der Waals surface area (Å²) in [4.78, 5) is 11.5. The van der Waals surface area contributed by atoms with Crippen molar-refractivity contribution in [3.05, 3.63) is 83.2 Å². The molecule has 108 valence electrons. The Morgan fingerprint density at radius 3 is 2.26 bits per heavy atom. The minimum Gasteiger partial charge on any atom is -0.423 e. The Morgan fingerprint density at radius 2 is 1.35 bits per heavy atom. The summed E-state index contributed by atoms with van der Waals surface area (Å²) in [6, 6.07) is 24.3. The van der Waals surface area contributed by atoms with Gasteiger partial charge in [0.2, 0.25) is 0 Å². The number of fused-ring (bicyclic) bond motifs is 6. The fraction of sp³-hybridized carbons (Fsp3) is 0. The van der Waals surface area contributed by atoms with Crippen LogP contribution in [0, 0.1) is 0 Å². The van der Waals surface area contributed by atoms with Crippen LogP contribution in [0.4, 0.5) is 0 Å². The Labute approximate surface area is 131 Å². The molecule has 5 aromatic rings. The van der Waals surface area contributed by atoms with Crippen LogP contribution in [0.3, 0.4) is 0 Å². The highest BCUT2D eigenvalue weighted by Crippen LogP contribution is 2.33. The lowest BCUT2D eigenvalue weighted by molar-refractivity contribution is 0.561. The van der Waals surface area contributed by atoms with Crippen molar-refractivity contribution >= 4 is 43.3 Å². The van der Waals surface area contributed by atoms with E-state index < -0.39 is 0 Å². The molecule has 0 aliphatic carbocycles. The van der Waals surface area contributed by atoms with Crippen LogP contribution in [-0.2, 0) is 0 Å². The van der Waals surface area contributed by atoms with Gasteiger partial charge < -0.3 is 4.42 Å². The molecule has 0 N–H and O–H groups in total. The molecule has 0 fully saturated rings. The lowest BCUT2D eigenvalue weighted by Gasteiger charge is -2.09. The van der Waals surface area contributed by atoms with Gasteiger partial charge in [0, 0.05) is 11.5 Å². The Bertz CT molecular complexity index is 1280. The summed E-state index contributed by atoms with van der Waals surface area (Å²) in [6.07, 6.45) is 0. The molecular weight excluding hydrogens is 284 g/mol. The van der Waals surface area contributed by atoms with Gasteiger partial charge in [0.25, 0.3) is 0 Å². The van der Waals surface area contributed by atoms with Gasteiger partial charge in [-0.05, 0) is 50.5 Å². The zero-order chi connectivity index (χ0) is 15.4. The molecule has 1 aromatic heterocycles. The van der Waals surface area contributed by atoms with Gasteiger partial charge in [-0.25, -0.2) is 4.79 Å². The summed E-state index contributed by atoms with van der Waals surface area (Å²) < 4.78 is 5.38. The molecule has 1 heterocycles. The zero-order valence-electron chi connectivity index (χ0n) is 12.2. The zero-order valence-corrected chi connectivity index (χ0v) is 12.2. The quantitative estimate of drug-likeness (QED) is 0.222. The van der Waals surface area contributed by atoms with Crippen LogP contribution in [-0.4, -0.2) is 0 Å². The van der Waals surface area contributed by atoms with E-state index >= 15 is 0 Å². The molecule has 23 heavy (non-hydrogen) atoms. The van der Waals surface area contributed by atoms with Gasteiger partial charge in [0.05, 0.1) is 0 Å². The van der Waals surface area contributed by atoms with Gasteiger partial charge in [-0.1, -0.05) is 48.5 Å². The van der Waals surface area contributed by atoms with E-state index in [4.69, 9.17) is 4.42 Å². The van der Waals surface area contributed by atoms with Crippen molar-refractivity contribution in [2.45, 2.75) is 0 Å². The summed E-state index contributed by atoms with van der Waals surface area (Å²) in [6.45, 7) is 0. The lowest BCUT2D eigenvalue weighted by atomic mass is 9.96. The molecule has 0 radical (unpaired) electrons. The maximum Gasteiger partial charge on any atom is 0.336 e. The minimum atomic E-state index is -0.318. The van der Waals surface area contributed by atoms with Crippen LogP contribution in [0.1, 0.15) is 0 Å². The topological polar surface area (TPSA) is 30.2 Å². The first-order valence-corrected chi connectivity index (χ1v) is 7.58. The molecule has 0 amide bonds. The first-order valence-electron chi connectivity index (χ1n) is 7.58. The van der Waals surface area contributed by atoms with E-state index in [2.05, 4.69) is 48.5 Å². The van der Waals surface area contributed by atoms with E-state index in [-0.39, 0.29) is 5.63 Å². The van der Waals surface area contributed by atoms with Gasteiger partial charge in [-0.3, -0.25) is 0 Å². The van der Waals surface area contributed by atoms with E-state index in [1.807, 2.05) is 18.2 Å². The Morgan fingerprint density at radius 1 is 0.609 bits per heavy atom. The average molecular weight is 296 g/mol. The maximum absolute atomic E-state index is 11.5. The van der Waals surface area contributed by atoms with E-state index in [0.717, 1.165) is 16.2 Å². The molecule has 0 bridgehead atoms. The molecule has 2 heteroatoms. The Hall–Kier alpha value is -3.13. The van der Waals surface area contributed by atoms with Gasteiger partial charge in [-0.2, -0.15) is 0 Å². The normalized spacial score (nSPS) is 11.7. The van der Waals surface area contributed by atoms with Crippen molar-refractivity contribution in [1.82, 2.24) is 0 Å². The highest BCUT2D eigenvalue weighted by Gasteiger charge is 2.07. The first-order chi connectivity index (χ1) is 11.3. The maximum atomic E-state index is 11.5. The second kappa shape index (κ2) is 4.43. The third kappa shape index (κ3) is 1.78. The van der Waals surface area contributed by atoms with E-state index in [9.17, 15) is 4.79 Å². The van der Waals surface area contributed by atoms with Crippen LogP contribution in [0.25, 0.3) is 43.3 Å². The van der Waals surface area contributed by atoms with Gasteiger partial charge in [-0.15, -0.1) is 0 Å². The number of hydrogen-bond donors (Lipinski definition) is 0. The van der Waals surface area contributed by atoms with Crippen LogP contribution in [0.2, 0.25) is 0 Å². The second-order valence-electron chi connectivity index (χ2n) is 5.82. The Balaban J connectivity index is 2.09. The van der Waals surface area contributed by atoms with Crippen LogP contribution in [0.5, 0.6) is 0 Å². The standard InChI is InChI=1S/C21H12O2/c22-20-10-9-16-11-15-8-7-14-6-5-13-3-1-2-4-17(13)21(14)18(15)12-19(16)23-20/h1-12H. The van der Waals surface area contributed by atoms with Gasteiger partial charge >= 0.3 is 5.63 Å². The summed E-state index contributed by atoms with van der Waals surface area (Å²) in [5.41, 5.74) is 0.312. The van der Waals surface area contributed by atoms with Crippen molar-refractivity contribution in [2.75, 3.05) is 0 Å². The van der Waals surface area contributed by atoms with E-state index in [1.54, 1.807) is 0 Å². The monoisotopic (exact) mass is 296 g/mol. The summed E-state index contributed by atoms with van der Waals surface area (Å²) >= 11 is 0. The molecule has 0 unspecified atom stereocenters. The molecule has 0 aliphatic heterocycles. The third-order valence-electron chi connectivity index (χ3n) is 4.46. The van der Waals surface area contributed by atoms with Crippen LogP contribution >= 0.6 is 0 Å². The SMILES string of the molecule is O=c1ccc2cc3ccc4ccc5ccccc5c4c3cc2o1. The molecule has 5 rings (SSSR count). The molecule has 0 saturated heterocycles. The molecule has 0 saturated carbocycles. The predicted molar refractivity (Wildman–Crippen MR) is 95.0 cm³/mol. The molecule has 0 aliphatic rings. The molecular formula is C21H12O2. The number of benzene rings is 4. The van der Waals surface area contributed by atoms with E-state index in [1.165, 1.54) is 27.6 Å². The van der Waals surface area contributed by atoms with Crippen molar-refractivity contribution in [3.63, 3.8) is 0 Å². The summed E-state index contributed by atoms with van der Waals surface area (Å²) in [7, 11) is 0. The Kier molecular flexibility index (Phi) is 2.39. The second-order valence-corrected chi connectivity index (χ2v) is 5.82. The summed E-state index contributed by atoms with van der Waals surface area (Å²) in [5, 5.41) is 8.02. The third-order valence-corrected chi connectivity index (χ3v) is 4.46. The van der Waals surface area contributed by atoms with Crippen molar-refractivity contribution in [3.8, 4) is 0 Å². The predicted octanol–water partition coefficient (Wildman–Crippen LogP) is 5.25. The van der Waals surface area contributed by atoms with E-state index in [0.29, 0.717) is 5.58 Å². The molecule has 2 nitrogen and oxygen atoms in total. The average Bonchev–Trinajstić information content (AvgIpc) is 2.59. The smallest absolute Gasteiger partial charge is 0.336 e. The molecule has 4 aromatic carbocycles. The van der Waals surface area contributed by atoms with Crippen LogP contribution < -0.4 is 5.63 Å². The fourth-order valence-corrected chi connectivity index (χ4v) is 3.39. The van der Waals surface area contributed by atoms with Gasteiger partial charge in [0.1, 0.15) is 5.58 Å². The van der Waals surface area contributed by atoms with Crippen molar-refractivity contribution in [2.24, 2.45) is 0 Å². The summed E-state index contributed by atoms with van der Waals surface area (Å²) in [5.74, 6) is 0. The number of hydrogen-bond acceptors (Lipinski definition) is 2. The minimum absolute atomic E-state index is 0.318. The largest absolute Gasteiger partial charge is 0.423 e. The highest BCUT2D eigenvalue weighted by molar-refractivity contribution is 6.21.